The van der Waals surface area contributed by atoms with E-state index in [0.717, 1.165) is 12.0 Å². The fraction of sp³-hybridized carbons (Fsp3) is 0.350. The van der Waals surface area contributed by atoms with Crippen molar-refractivity contribution in [2.75, 3.05) is 32.8 Å². The Bertz CT molecular complexity index is 1000. The predicted octanol–water partition coefficient (Wildman–Crippen LogP) is 2.56. The maximum atomic E-state index is 13.0. The molecule has 2 heterocycles. The highest BCUT2D eigenvalue weighted by Gasteiger charge is 2.30. The molecular weight excluding hydrogens is 400 g/mol. The largest absolute Gasteiger partial charge is 0.379 e. The van der Waals surface area contributed by atoms with E-state index in [1.807, 2.05) is 18.2 Å². The third-order valence-electron chi connectivity index (χ3n) is 5.18. The predicted molar refractivity (Wildman–Crippen MR) is 106 cm³/mol. The van der Waals surface area contributed by atoms with Crippen molar-refractivity contribution in [3.8, 4) is 0 Å². The molecule has 0 aromatic heterocycles. The van der Waals surface area contributed by atoms with E-state index in [1.54, 1.807) is 11.0 Å². The zero-order chi connectivity index (χ0) is 19.7. The smallest absolute Gasteiger partial charge is 0.254 e. The number of morpholine rings is 1. The summed E-state index contributed by atoms with van der Waals surface area (Å²) < 4.78 is 32.5. The van der Waals surface area contributed by atoms with Gasteiger partial charge in [0.05, 0.1) is 18.2 Å². The van der Waals surface area contributed by atoms with Crippen LogP contribution in [-0.4, -0.2) is 56.4 Å². The fourth-order valence-electron chi connectivity index (χ4n) is 3.61. The molecule has 0 saturated carbocycles. The number of sulfonamides is 1. The van der Waals surface area contributed by atoms with Crippen LogP contribution in [0.5, 0.6) is 0 Å². The molecule has 0 bridgehead atoms. The number of halogens is 1. The van der Waals surface area contributed by atoms with Gasteiger partial charge in [0, 0.05) is 31.7 Å². The van der Waals surface area contributed by atoms with Crippen LogP contribution in [0.25, 0.3) is 0 Å². The first-order chi connectivity index (χ1) is 13.5. The van der Waals surface area contributed by atoms with Gasteiger partial charge in [-0.05, 0) is 35.7 Å². The summed E-state index contributed by atoms with van der Waals surface area (Å²) in [5.74, 6) is -0.190. The molecule has 0 unspecified atom stereocenters. The van der Waals surface area contributed by atoms with Gasteiger partial charge >= 0.3 is 0 Å². The molecule has 148 valence electrons. The quantitative estimate of drug-likeness (QED) is 0.765. The molecule has 0 spiro atoms. The molecule has 28 heavy (non-hydrogen) atoms. The number of hydrogen-bond acceptors (Lipinski definition) is 4. The van der Waals surface area contributed by atoms with E-state index >= 15 is 0 Å². The molecule has 1 amide bonds. The Morgan fingerprint density at radius 3 is 2.46 bits per heavy atom. The molecule has 2 aliphatic heterocycles. The second-order valence-corrected chi connectivity index (χ2v) is 9.22. The Kier molecular flexibility index (Phi) is 5.42. The molecule has 1 saturated heterocycles. The van der Waals surface area contributed by atoms with Gasteiger partial charge in [-0.3, -0.25) is 4.79 Å². The van der Waals surface area contributed by atoms with Gasteiger partial charge in [-0.2, -0.15) is 4.31 Å². The molecule has 8 heteroatoms. The summed E-state index contributed by atoms with van der Waals surface area (Å²) in [7, 11) is -3.78. The summed E-state index contributed by atoms with van der Waals surface area (Å²) >= 11 is 6.20. The van der Waals surface area contributed by atoms with Crippen LogP contribution in [0.1, 0.15) is 21.5 Å². The minimum Gasteiger partial charge on any atom is -0.379 e. The van der Waals surface area contributed by atoms with Gasteiger partial charge in [-0.15, -0.1) is 0 Å². The Morgan fingerprint density at radius 2 is 1.71 bits per heavy atom. The molecule has 0 radical (unpaired) electrons. The van der Waals surface area contributed by atoms with Crippen LogP contribution in [0.4, 0.5) is 0 Å². The molecule has 0 N–H and O–H groups in total. The fourth-order valence-corrected chi connectivity index (χ4v) is 5.52. The van der Waals surface area contributed by atoms with Crippen molar-refractivity contribution in [2.45, 2.75) is 17.9 Å². The van der Waals surface area contributed by atoms with E-state index in [9.17, 15) is 13.2 Å². The van der Waals surface area contributed by atoms with Gasteiger partial charge in [0.2, 0.25) is 10.0 Å². The molecule has 6 nitrogen and oxygen atoms in total. The highest BCUT2D eigenvalue weighted by Crippen LogP contribution is 2.28. The number of fused-ring (bicyclic) bond motifs is 1. The van der Waals surface area contributed by atoms with Crippen LogP contribution in [0.2, 0.25) is 5.02 Å². The minimum absolute atomic E-state index is 0.0284. The van der Waals surface area contributed by atoms with Crippen molar-refractivity contribution < 1.29 is 17.9 Å². The SMILES string of the molecule is O=C(c1ccc(Cl)c(S(=O)(=O)N2CCOCC2)c1)N1CCc2ccccc2C1. The zero-order valence-corrected chi connectivity index (χ0v) is 16.9. The van der Waals surface area contributed by atoms with Crippen LogP contribution in [-0.2, 0) is 27.7 Å². The van der Waals surface area contributed by atoms with Gasteiger partial charge in [0.25, 0.3) is 5.91 Å². The van der Waals surface area contributed by atoms with Gasteiger partial charge in [0.1, 0.15) is 4.90 Å². The number of carbonyl (C=O) groups is 1. The summed E-state index contributed by atoms with van der Waals surface area (Å²) in [6, 6.07) is 12.5. The van der Waals surface area contributed by atoms with Crippen LogP contribution in [0.3, 0.4) is 0 Å². The highest BCUT2D eigenvalue weighted by molar-refractivity contribution is 7.89. The van der Waals surface area contributed by atoms with Crippen molar-refractivity contribution in [2.24, 2.45) is 0 Å². The van der Waals surface area contributed by atoms with Gasteiger partial charge in [0.15, 0.2) is 0 Å². The first-order valence-corrected chi connectivity index (χ1v) is 11.0. The lowest BCUT2D eigenvalue weighted by molar-refractivity contribution is 0.0727. The molecule has 1 fully saturated rings. The monoisotopic (exact) mass is 420 g/mol. The Balaban J connectivity index is 1.61. The van der Waals surface area contributed by atoms with E-state index < -0.39 is 10.0 Å². The number of nitrogens with zero attached hydrogens (tertiary/aromatic N) is 2. The van der Waals surface area contributed by atoms with Crippen molar-refractivity contribution in [3.05, 3.63) is 64.2 Å². The Morgan fingerprint density at radius 1 is 1.00 bits per heavy atom. The van der Waals surface area contributed by atoms with Crippen molar-refractivity contribution in [3.63, 3.8) is 0 Å². The lowest BCUT2D eigenvalue weighted by Gasteiger charge is -2.29. The second-order valence-electron chi connectivity index (χ2n) is 6.91. The van der Waals surface area contributed by atoms with Crippen LogP contribution < -0.4 is 0 Å². The molecule has 2 aromatic carbocycles. The van der Waals surface area contributed by atoms with Crippen molar-refractivity contribution >= 4 is 27.5 Å². The second kappa shape index (κ2) is 7.83. The normalized spacial score (nSPS) is 18.0. The number of hydrogen-bond donors (Lipinski definition) is 0. The first kappa shape index (κ1) is 19.4. The van der Waals surface area contributed by atoms with Crippen LogP contribution in [0, 0.1) is 0 Å². The maximum Gasteiger partial charge on any atom is 0.254 e. The van der Waals surface area contributed by atoms with E-state index in [1.165, 1.54) is 22.0 Å². The first-order valence-electron chi connectivity index (χ1n) is 9.20. The van der Waals surface area contributed by atoms with E-state index in [4.69, 9.17) is 16.3 Å². The number of rotatable bonds is 3. The average Bonchev–Trinajstić information content (AvgIpc) is 2.73. The van der Waals surface area contributed by atoms with Gasteiger partial charge in [-0.25, -0.2) is 8.42 Å². The number of carbonyl (C=O) groups excluding carboxylic acids is 1. The highest BCUT2D eigenvalue weighted by atomic mass is 35.5. The standard InChI is InChI=1S/C20H21ClN2O4S/c21-18-6-5-16(13-19(18)28(25,26)23-9-11-27-12-10-23)20(24)22-8-7-15-3-1-2-4-17(15)14-22/h1-6,13H,7-12,14H2. The minimum atomic E-state index is -3.78. The Hall–Kier alpha value is -1.93. The molecular formula is C20H21ClN2O4S. The van der Waals surface area contributed by atoms with Crippen LogP contribution >= 0.6 is 11.6 Å². The summed E-state index contributed by atoms with van der Waals surface area (Å²) in [6.45, 7) is 2.37. The Labute approximate surface area is 169 Å². The summed E-state index contributed by atoms with van der Waals surface area (Å²) in [5, 5.41) is 0.118. The molecule has 4 rings (SSSR count). The van der Waals surface area contributed by atoms with Crippen molar-refractivity contribution in [1.29, 1.82) is 0 Å². The third-order valence-corrected chi connectivity index (χ3v) is 7.56. The van der Waals surface area contributed by atoms with Crippen LogP contribution in [0.15, 0.2) is 47.4 Å². The van der Waals surface area contributed by atoms with E-state index in [0.29, 0.717) is 31.9 Å². The maximum absolute atomic E-state index is 13.0. The topological polar surface area (TPSA) is 66.9 Å². The summed E-state index contributed by atoms with van der Waals surface area (Å²) in [5.41, 5.74) is 2.70. The van der Waals surface area contributed by atoms with E-state index in [2.05, 4.69) is 6.07 Å². The van der Waals surface area contributed by atoms with Crippen molar-refractivity contribution in [1.82, 2.24) is 9.21 Å². The lowest BCUT2D eigenvalue weighted by Crippen LogP contribution is -2.41. The van der Waals surface area contributed by atoms with E-state index in [-0.39, 0.29) is 28.9 Å². The molecule has 0 aliphatic carbocycles. The third kappa shape index (κ3) is 3.67. The number of amides is 1. The lowest BCUT2D eigenvalue weighted by atomic mass is 9.99. The number of ether oxygens (including phenoxy) is 1. The molecule has 0 atom stereocenters. The van der Waals surface area contributed by atoms with Gasteiger partial charge < -0.3 is 9.64 Å². The van der Waals surface area contributed by atoms with Gasteiger partial charge in [-0.1, -0.05) is 35.9 Å². The molecule has 2 aromatic rings. The molecule has 2 aliphatic rings. The summed E-state index contributed by atoms with van der Waals surface area (Å²) in [6.07, 6.45) is 0.786. The number of benzene rings is 2. The zero-order valence-electron chi connectivity index (χ0n) is 15.3. The average molecular weight is 421 g/mol. The summed E-state index contributed by atoms with van der Waals surface area (Å²) in [4.78, 5) is 14.7.